The Kier molecular flexibility index (Phi) is 3.28. The summed E-state index contributed by atoms with van der Waals surface area (Å²) in [6.07, 6.45) is 0. The molecule has 4 heteroatoms. The van der Waals surface area contributed by atoms with Crippen LogP contribution in [0.3, 0.4) is 0 Å². The minimum Gasteiger partial charge on any atom is -0.142 e. The summed E-state index contributed by atoms with van der Waals surface area (Å²) in [7, 11) is 0. The molecular formula is C6H3Br3S. The van der Waals surface area contributed by atoms with Gasteiger partial charge in [-0.25, -0.2) is 0 Å². The van der Waals surface area contributed by atoms with Crippen LogP contribution in [0.5, 0.6) is 0 Å². The lowest BCUT2D eigenvalue weighted by Gasteiger charge is -2.00. The van der Waals surface area contributed by atoms with E-state index >= 15 is 0 Å². The SMILES string of the molecule is Sc1ccc(Br)c(Br)c1Br. The molecule has 0 atom stereocenters. The smallest absolute Gasteiger partial charge is 0.0470 e. The quantitative estimate of drug-likeness (QED) is 0.526. The molecule has 0 heterocycles. The van der Waals surface area contributed by atoms with Gasteiger partial charge in [0.1, 0.15) is 0 Å². The maximum atomic E-state index is 4.22. The molecule has 0 fully saturated rings. The minimum atomic E-state index is 0.926. The molecule has 0 aliphatic rings. The summed E-state index contributed by atoms with van der Waals surface area (Å²) in [4.78, 5) is 0.926. The summed E-state index contributed by atoms with van der Waals surface area (Å²) < 4.78 is 3.00. The first-order chi connectivity index (χ1) is 4.63. The Labute approximate surface area is 90.2 Å². The van der Waals surface area contributed by atoms with Gasteiger partial charge in [-0.1, -0.05) is 0 Å². The zero-order valence-electron chi connectivity index (χ0n) is 4.74. The van der Waals surface area contributed by atoms with Gasteiger partial charge in [-0.15, -0.1) is 12.6 Å². The molecule has 1 rings (SSSR count). The molecule has 0 spiro atoms. The van der Waals surface area contributed by atoms with E-state index in [4.69, 9.17) is 0 Å². The first-order valence-corrected chi connectivity index (χ1v) is 5.28. The molecule has 0 aliphatic heterocycles. The van der Waals surface area contributed by atoms with E-state index in [1.807, 2.05) is 12.1 Å². The first kappa shape index (κ1) is 9.10. The molecule has 0 aliphatic carbocycles. The lowest BCUT2D eigenvalue weighted by Crippen LogP contribution is -1.74. The summed E-state index contributed by atoms with van der Waals surface area (Å²) in [5.74, 6) is 0. The Bertz CT molecular complexity index is 232. The third-order valence-corrected chi connectivity index (χ3v) is 5.07. The van der Waals surface area contributed by atoms with Crippen molar-refractivity contribution in [3.63, 3.8) is 0 Å². The highest BCUT2D eigenvalue weighted by Crippen LogP contribution is 2.34. The van der Waals surface area contributed by atoms with E-state index < -0.39 is 0 Å². The minimum absolute atomic E-state index is 0.926. The number of rotatable bonds is 0. The zero-order valence-corrected chi connectivity index (χ0v) is 10.4. The second-order valence-electron chi connectivity index (χ2n) is 1.69. The molecule has 0 saturated heterocycles. The van der Waals surface area contributed by atoms with Crippen molar-refractivity contribution in [3.05, 3.63) is 25.6 Å². The number of benzene rings is 1. The van der Waals surface area contributed by atoms with Crippen LogP contribution in [0.15, 0.2) is 30.4 Å². The second kappa shape index (κ2) is 3.61. The van der Waals surface area contributed by atoms with Gasteiger partial charge in [0.25, 0.3) is 0 Å². The van der Waals surface area contributed by atoms with Crippen molar-refractivity contribution in [2.24, 2.45) is 0 Å². The number of thiol groups is 1. The van der Waals surface area contributed by atoms with E-state index in [9.17, 15) is 0 Å². The van der Waals surface area contributed by atoms with Crippen LogP contribution in [0, 0.1) is 0 Å². The molecule has 0 nitrogen and oxygen atoms in total. The monoisotopic (exact) mass is 344 g/mol. The fourth-order valence-corrected chi connectivity index (χ4v) is 2.14. The molecule has 54 valence electrons. The summed E-state index contributed by atoms with van der Waals surface area (Å²) in [6.45, 7) is 0. The normalized spacial score (nSPS) is 10.0. The third kappa shape index (κ3) is 1.78. The molecular weight excluding hydrogens is 344 g/mol. The molecule has 0 aromatic heterocycles. The predicted molar refractivity (Wildman–Crippen MR) is 56.8 cm³/mol. The topological polar surface area (TPSA) is 0 Å². The third-order valence-electron chi connectivity index (χ3n) is 1.01. The lowest BCUT2D eigenvalue weighted by molar-refractivity contribution is 1.36. The Morgan fingerprint density at radius 2 is 1.60 bits per heavy atom. The molecule has 0 amide bonds. The molecule has 0 saturated carbocycles. The molecule has 0 unspecified atom stereocenters. The van der Waals surface area contributed by atoms with Crippen LogP contribution in [-0.4, -0.2) is 0 Å². The molecule has 1 aromatic rings. The van der Waals surface area contributed by atoms with Crippen LogP contribution in [0.1, 0.15) is 0 Å². The van der Waals surface area contributed by atoms with E-state index in [0.717, 1.165) is 18.3 Å². The summed E-state index contributed by atoms with van der Waals surface area (Å²) in [5, 5.41) is 0. The fraction of sp³-hybridized carbons (Fsp3) is 0. The standard InChI is InChI=1S/C6H3Br3S/c7-3-1-2-4(10)6(9)5(3)8/h1-2,10H. The first-order valence-electron chi connectivity index (χ1n) is 2.45. The zero-order chi connectivity index (χ0) is 7.72. The van der Waals surface area contributed by atoms with Gasteiger partial charge in [0, 0.05) is 18.3 Å². The van der Waals surface area contributed by atoms with Crippen molar-refractivity contribution in [2.75, 3.05) is 0 Å². The fourth-order valence-electron chi connectivity index (χ4n) is 0.516. The number of hydrogen-bond donors (Lipinski definition) is 1. The van der Waals surface area contributed by atoms with E-state index in [1.54, 1.807) is 0 Å². The predicted octanol–water partition coefficient (Wildman–Crippen LogP) is 4.26. The Balaban J connectivity index is 3.34. The van der Waals surface area contributed by atoms with Gasteiger partial charge in [0.2, 0.25) is 0 Å². The molecule has 0 bridgehead atoms. The summed E-state index contributed by atoms with van der Waals surface area (Å²) in [5.41, 5.74) is 0. The Morgan fingerprint density at radius 1 is 1.00 bits per heavy atom. The van der Waals surface area contributed by atoms with Gasteiger partial charge in [0.15, 0.2) is 0 Å². The van der Waals surface area contributed by atoms with Crippen molar-refractivity contribution in [3.8, 4) is 0 Å². The van der Waals surface area contributed by atoms with Crippen molar-refractivity contribution in [1.82, 2.24) is 0 Å². The van der Waals surface area contributed by atoms with E-state index in [0.29, 0.717) is 0 Å². The van der Waals surface area contributed by atoms with Crippen LogP contribution < -0.4 is 0 Å². The number of hydrogen-bond acceptors (Lipinski definition) is 1. The lowest BCUT2D eigenvalue weighted by atomic mass is 10.4. The van der Waals surface area contributed by atoms with Crippen molar-refractivity contribution >= 4 is 60.4 Å². The summed E-state index contributed by atoms with van der Waals surface area (Å²) >= 11 is 14.4. The van der Waals surface area contributed by atoms with E-state index in [1.165, 1.54) is 0 Å². The maximum absolute atomic E-state index is 4.22. The van der Waals surface area contributed by atoms with Crippen LogP contribution in [0.25, 0.3) is 0 Å². The van der Waals surface area contributed by atoms with Crippen molar-refractivity contribution in [1.29, 1.82) is 0 Å². The van der Waals surface area contributed by atoms with Crippen LogP contribution >= 0.6 is 60.4 Å². The van der Waals surface area contributed by atoms with Gasteiger partial charge in [-0.3, -0.25) is 0 Å². The highest BCUT2D eigenvalue weighted by atomic mass is 79.9. The molecule has 0 radical (unpaired) electrons. The van der Waals surface area contributed by atoms with Gasteiger partial charge >= 0.3 is 0 Å². The Morgan fingerprint density at radius 3 is 2.10 bits per heavy atom. The summed E-state index contributed by atoms with van der Waals surface area (Å²) in [6, 6.07) is 3.86. The maximum Gasteiger partial charge on any atom is 0.0470 e. The number of halogens is 3. The van der Waals surface area contributed by atoms with Crippen LogP contribution in [0.2, 0.25) is 0 Å². The molecule has 10 heavy (non-hydrogen) atoms. The van der Waals surface area contributed by atoms with E-state index in [2.05, 4.69) is 60.4 Å². The second-order valence-corrected chi connectivity index (χ2v) is 4.62. The van der Waals surface area contributed by atoms with Gasteiger partial charge in [0.05, 0.1) is 0 Å². The average molecular weight is 347 g/mol. The van der Waals surface area contributed by atoms with Gasteiger partial charge in [-0.2, -0.15) is 0 Å². The van der Waals surface area contributed by atoms with Gasteiger partial charge < -0.3 is 0 Å². The van der Waals surface area contributed by atoms with Gasteiger partial charge in [-0.05, 0) is 59.9 Å². The van der Waals surface area contributed by atoms with E-state index in [-0.39, 0.29) is 0 Å². The average Bonchev–Trinajstić information content (AvgIpc) is 1.93. The molecule has 1 aromatic carbocycles. The van der Waals surface area contributed by atoms with Crippen molar-refractivity contribution in [2.45, 2.75) is 4.90 Å². The van der Waals surface area contributed by atoms with Crippen molar-refractivity contribution < 1.29 is 0 Å². The molecule has 0 N–H and O–H groups in total. The highest BCUT2D eigenvalue weighted by molar-refractivity contribution is 9.14. The Hall–Kier alpha value is 1.01. The van der Waals surface area contributed by atoms with Crippen LogP contribution in [-0.2, 0) is 0 Å². The highest BCUT2D eigenvalue weighted by Gasteiger charge is 2.03. The van der Waals surface area contributed by atoms with Crippen LogP contribution in [0.4, 0.5) is 0 Å². The largest absolute Gasteiger partial charge is 0.142 e.